The van der Waals surface area contributed by atoms with Crippen LogP contribution in [0.15, 0.2) is 53.4 Å². The van der Waals surface area contributed by atoms with E-state index in [0.717, 1.165) is 12.3 Å². The van der Waals surface area contributed by atoms with E-state index in [2.05, 4.69) is 10.0 Å². The first-order chi connectivity index (χ1) is 11.9. The van der Waals surface area contributed by atoms with E-state index in [1.54, 1.807) is 43.5 Å². The second kappa shape index (κ2) is 10.4. The standard InChI is InChI=1S/C18H24N2O4S.ClH/c1-4-19-14(2)13-20-25(21,22)18-11-9-17(10-12-18)24-16-7-5-15(23-3)6-8-16;/h5-12,14,19-20H,4,13H2,1-3H3;1H/t14-;/m1./s1. The highest BCUT2D eigenvalue weighted by Gasteiger charge is 2.15. The van der Waals surface area contributed by atoms with Gasteiger partial charge in [0.05, 0.1) is 12.0 Å². The topological polar surface area (TPSA) is 76.7 Å². The summed E-state index contributed by atoms with van der Waals surface area (Å²) in [7, 11) is -1.94. The fraction of sp³-hybridized carbons (Fsp3) is 0.333. The molecule has 0 aliphatic rings. The maximum Gasteiger partial charge on any atom is 0.240 e. The Morgan fingerprint density at radius 2 is 1.46 bits per heavy atom. The Balaban J connectivity index is 0.00000338. The third kappa shape index (κ3) is 6.49. The molecule has 2 rings (SSSR count). The van der Waals surface area contributed by atoms with Gasteiger partial charge in [-0.05, 0) is 62.0 Å². The first kappa shape index (κ1) is 22.2. The van der Waals surface area contributed by atoms with Crippen molar-refractivity contribution in [3.63, 3.8) is 0 Å². The van der Waals surface area contributed by atoms with Crippen LogP contribution in [0, 0.1) is 0 Å². The van der Waals surface area contributed by atoms with Crippen LogP contribution in [0.3, 0.4) is 0 Å². The van der Waals surface area contributed by atoms with Gasteiger partial charge in [-0.1, -0.05) is 6.92 Å². The van der Waals surface area contributed by atoms with E-state index < -0.39 is 10.0 Å². The molecular weight excluding hydrogens is 376 g/mol. The lowest BCUT2D eigenvalue weighted by atomic mass is 10.3. The van der Waals surface area contributed by atoms with Crippen molar-refractivity contribution in [1.82, 2.24) is 10.0 Å². The highest BCUT2D eigenvalue weighted by atomic mass is 35.5. The largest absolute Gasteiger partial charge is 0.497 e. The van der Waals surface area contributed by atoms with Crippen molar-refractivity contribution in [2.24, 2.45) is 0 Å². The van der Waals surface area contributed by atoms with Crippen LogP contribution in [-0.2, 0) is 10.0 Å². The molecule has 0 saturated heterocycles. The third-order valence-electron chi connectivity index (χ3n) is 3.56. The monoisotopic (exact) mass is 400 g/mol. The number of rotatable bonds is 9. The zero-order valence-corrected chi connectivity index (χ0v) is 16.7. The van der Waals surface area contributed by atoms with E-state index >= 15 is 0 Å². The van der Waals surface area contributed by atoms with Crippen LogP contribution in [0.4, 0.5) is 0 Å². The van der Waals surface area contributed by atoms with E-state index in [9.17, 15) is 8.42 Å². The van der Waals surface area contributed by atoms with Crippen molar-refractivity contribution in [2.45, 2.75) is 24.8 Å². The van der Waals surface area contributed by atoms with Gasteiger partial charge < -0.3 is 14.8 Å². The van der Waals surface area contributed by atoms with Crippen LogP contribution in [0.5, 0.6) is 17.2 Å². The molecule has 0 unspecified atom stereocenters. The third-order valence-corrected chi connectivity index (χ3v) is 5.00. The van der Waals surface area contributed by atoms with Crippen LogP contribution in [0.2, 0.25) is 0 Å². The molecule has 1 atom stereocenters. The molecule has 0 amide bonds. The van der Waals surface area contributed by atoms with Crippen molar-refractivity contribution >= 4 is 22.4 Å². The van der Waals surface area contributed by atoms with Gasteiger partial charge in [0.15, 0.2) is 0 Å². The van der Waals surface area contributed by atoms with Crippen molar-refractivity contribution in [1.29, 1.82) is 0 Å². The van der Waals surface area contributed by atoms with Gasteiger partial charge in [0.2, 0.25) is 10.0 Å². The summed E-state index contributed by atoms with van der Waals surface area (Å²) in [6, 6.07) is 13.5. The molecular formula is C18H25ClN2O4S. The average molecular weight is 401 g/mol. The van der Waals surface area contributed by atoms with Crippen molar-refractivity contribution in [3.8, 4) is 17.2 Å². The number of benzene rings is 2. The number of methoxy groups -OCH3 is 1. The quantitative estimate of drug-likeness (QED) is 0.676. The van der Waals surface area contributed by atoms with E-state index in [1.165, 1.54) is 12.1 Å². The zero-order chi connectivity index (χ0) is 18.3. The zero-order valence-electron chi connectivity index (χ0n) is 15.1. The minimum atomic E-state index is -3.53. The fourth-order valence-corrected chi connectivity index (χ4v) is 3.34. The van der Waals surface area contributed by atoms with Crippen LogP contribution in [0.25, 0.3) is 0 Å². The molecule has 2 N–H and O–H groups in total. The molecule has 0 bridgehead atoms. The number of likely N-dealkylation sites (N-methyl/N-ethyl adjacent to an activating group) is 1. The highest BCUT2D eigenvalue weighted by Crippen LogP contribution is 2.24. The van der Waals surface area contributed by atoms with Gasteiger partial charge in [-0.15, -0.1) is 12.4 Å². The molecule has 0 spiro atoms. The second-order valence-electron chi connectivity index (χ2n) is 5.56. The number of halogens is 1. The van der Waals surface area contributed by atoms with Crippen LogP contribution >= 0.6 is 12.4 Å². The van der Waals surface area contributed by atoms with E-state index in [-0.39, 0.29) is 23.3 Å². The van der Waals surface area contributed by atoms with Gasteiger partial charge in [-0.2, -0.15) is 0 Å². The van der Waals surface area contributed by atoms with E-state index in [4.69, 9.17) is 9.47 Å². The molecule has 0 radical (unpaired) electrons. The SMILES string of the molecule is CCN[C@H](C)CNS(=O)(=O)c1ccc(Oc2ccc(OC)cc2)cc1.Cl. The van der Waals surface area contributed by atoms with Crippen LogP contribution in [-0.4, -0.2) is 34.7 Å². The number of hydrogen-bond donors (Lipinski definition) is 2. The van der Waals surface area contributed by atoms with Gasteiger partial charge in [-0.25, -0.2) is 13.1 Å². The Morgan fingerprint density at radius 1 is 0.962 bits per heavy atom. The first-order valence-corrected chi connectivity index (χ1v) is 9.58. The predicted octanol–water partition coefficient (Wildman–Crippen LogP) is 3.19. The maximum absolute atomic E-state index is 12.3. The summed E-state index contributed by atoms with van der Waals surface area (Å²) in [5.41, 5.74) is 0. The minimum Gasteiger partial charge on any atom is -0.497 e. The molecule has 6 nitrogen and oxygen atoms in total. The minimum absolute atomic E-state index is 0. The number of hydrogen-bond acceptors (Lipinski definition) is 5. The number of ether oxygens (including phenoxy) is 2. The van der Waals surface area contributed by atoms with Gasteiger partial charge in [0.1, 0.15) is 17.2 Å². The molecule has 26 heavy (non-hydrogen) atoms. The highest BCUT2D eigenvalue weighted by molar-refractivity contribution is 7.89. The number of sulfonamides is 1. The molecule has 0 saturated carbocycles. The van der Waals surface area contributed by atoms with Crippen LogP contribution < -0.4 is 19.5 Å². The summed E-state index contributed by atoms with van der Waals surface area (Å²) >= 11 is 0. The molecule has 0 aliphatic carbocycles. The molecule has 0 aromatic heterocycles. The smallest absolute Gasteiger partial charge is 0.240 e. The maximum atomic E-state index is 12.3. The second-order valence-corrected chi connectivity index (χ2v) is 7.33. The van der Waals surface area contributed by atoms with Gasteiger partial charge >= 0.3 is 0 Å². The lowest BCUT2D eigenvalue weighted by Crippen LogP contribution is -2.38. The molecule has 2 aromatic carbocycles. The Morgan fingerprint density at radius 3 is 1.96 bits per heavy atom. The molecule has 0 aliphatic heterocycles. The van der Waals surface area contributed by atoms with Gasteiger partial charge in [0, 0.05) is 12.6 Å². The Labute approximate surface area is 161 Å². The van der Waals surface area contributed by atoms with Crippen molar-refractivity contribution in [3.05, 3.63) is 48.5 Å². The summed E-state index contributed by atoms with van der Waals surface area (Å²) < 4.78 is 38.0. The molecule has 8 heteroatoms. The Hall–Kier alpha value is -1.80. The van der Waals surface area contributed by atoms with E-state index in [1.807, 2.05) is 13.8 Å². The van der Waals surface area contributed by atoms with E-state index in [0.29, 0.717) is 18.0 Å². The van der Waals surface area contributed by atoms with Crippen LogP contribution in [0.1, 0.15) is 13.8 Å². The molecule has 0 heterocycles. The molecule has 144 valence electrons. The number of nitrogens with one attached hydrogen (secondary N) is 2. The normalized spacial score (nSPS) is 12.1. The van der Waals surface area contributed by atoms with Gasteiger partial charge in [-0.3, -0.25) is 0 Å². The lowest BCUT2D eigenvalue weighted by molar-refractivity contribution is 0.413. The first-order valence-electron chi connectivity index (χ1n) is 8.09. The van der Waals surface area contributed by atoms with Gasteiger partial charge in [0.25, 0.3) is 0 Å². The predicted molar refractivity (Wildman–Crippen MR) is 105 cm³/mol. The summed E-state index contributed by atoms with van der Waals surface area (Å²) in [6.45, 7) is 5.03. The fourth-order valence-electron chi connectivity index (χ4n) is 2.21. The summed E-state index contributed by atoms with van der Waals surface area (Å²) in [4.78, 5) is 0.207. The average Bonchev–Trinajstić information content (AvgIpc) is 2.61. The van der Waals surface area contributed by atoms with Crippen molar-refractivity contribution < 1.29 is 17.9 Å². The summed E-state index contributed by atoms with van der Waals surface area (Å²) in [5, 5.41) is 3.16. The lowest BCUT2D eigenvalue weighted by Gasteiger charge is -2.14. The summed E-state index contributed by atoms with van der Waals surface area (Å²) in [6.07, 6.45) is 0. The Kier molecular flexibility index (Phi) is 8.87. The van der Waals surface area contributed by atoms with Crippen molar-refractivity contribution in [2.75, 3.05) is 20.2 Å². The molecule has 0 fully saturated rings. The molecule has 2 aromatic rings. The summed E-state index contributed by atoms with van der Waals surface area (Å²) in [5.74, 6) is 1.95. The Bertz CT molecular complexity index is 765.